The third-order valence-electron chi connectivity index (χ3n) is 4.96. The number of aromatic nitrogens is 5. The fourth-order valence-electron chi connectivity index (χ4n) is 3.67. The summed E-state index contributed by atoms with van der Waals surface area (Å²) >= 11 is 0. The Labute approximate surface area is 168 Å². The van der Waals surface area contributed by atoms with Crippen LogP contribution in [0.4, 0.5) is 0 Å². The van der Waals surface area contributed by atoms with Crippen molar-refractivity contribution in [3.63, 3.8) is 0 Å². The fraction of sp³-hybridized carbons (Fsp3) is 0.174. The van der Waals surface area contributed by atoms with Crippen molar-refractivity contribution in [1.29, 1.82) is 0 Å². The maximum Gasteiger partial charge on any atom is 0.121 e. The van der Waals surface area contributed by atoms with E-state index in [0.717, 1.165) is 51.6 Å². The van der Waals surface area contributed by atoms with E-state index in [-0.39, 0.29) is 0 Å². The van der Waals surface area contributed by atoms with Gasteiger partial charge in [0, 0.05) is 12.2 Å². The zero-order valence-electron chi connectivity index (χ0n) is 16.3. The van der Waals surface area contributed by atoms with Crippen LogP contribution in [0.25, 0.3) is 22.1 Å². The number of para-hydroxylation sites is 4. The fourth-order valence-corrected chi connectivity index (χ4v) is 3.67. The Morgan fingerprint density at radius 1 is 0.655 bits per heavy atom. The molecule has 2 N–H and O–H groups in total. The molecule has 0 bridgehead atoms. The number of pyridine rings is 1. The van der Waals surface area contributed by atoms with E-state index in [4.69, 9.17) is 9.97 Å². The molecule has 0 aliphatic carbocycles. The summed E-state index contributed by atoms with van der Waals surface area (Å²) in [6, 6.07) is 22.4. The normalized spacial score (nSPS) is 11.7. The van der Waals surface area contributed by atoms with Gasteiger partial charge in [-0.05, 0) is 43.3 Å². The molecular formula is C23H22N6. The van der Waals surface area contributed by atoms with Gasteiger partial charge in [-0.2, -0.15) is 0 Å². The van der Waals surface area contributed by atoms with Gasteiger partial charge in [-0.1, -0.05) is 30.3 Å². The van der Waals surface area contributed by atoms with Crippen molar-refractivity contribution < 1.29 is 0 Å². The monoisotopic (exact) mass is 382 g/mol. The summed E-state index contributed by atoms with van der Waals surface area (Å²) in [4.78, 5) is 23.3. The molecule has 3 heterocycles. The Hall–Kier alpha value is -3.51. The molecule has 5 aromatic rings. The summed E-state index contributed by atoms with van der Waals surface area (Å²) in [6.45, 7) is 4.10. The van der Waals surface area contributed by atoms with Crippen LogP contribution in [0.3, 0.4) is 0 Å². The first-order valence-corrected chi connectivity index (χ1v) is 9.75. The minimum absolute atomic E-state index is 0.682. The zero-order chi connectivity index (χ0) is 19.6. The zero-order valence-corrected chi connectivity index (χ0v) is 16.3. The lowest BCUT2D eigenvalue weighted by Crippen LogP contribution is -2.24. The van der Waals surface area contributed by atoms with Crippen molar-refractivity contribution in [2.75, 3.05) is 0 Å². The van der Waals surface area contributed by atoms with Gasteiger partial charge >= 0.3 is 0 Å². The standard InChI is InChI=1S/C23H22N6/c1-16-7-6-8-17(24-16)13-29(14-22-25-18-9-2-3-10-19(18)26-22)15-23-27-20-11-4-5-12-21(20)28-23/h2-12H,13-15H2,1H3,(H,25,26)(H,27,28). The van der Waals surface area contributed by atoms with Crippen molar-refractivity contribution in [3.05, 3.63) is 89.8 Å². The highest BCUT2D eigenvalue weighted by Gasteiger charge is 2.14. The number of hydrogen-bond acceptors (Lipinski definition) is 4. The first-order chi connectivity index (χ1) is 14.2. The number of nitrogens with one attached hydrogen (secondary N) is 2. The molecule has 0 unspecified atom stereocenters. The van der Waals surface area contributed by atoms with E-state index < -0.39 is 0 Å². The highest BCUT2D eigenvalue weighted by Crippen LogP contribution is 2.17. The van der Waals surface area contributed by atoms with Crippen LogP contribution in [-0.4, -0.2) is 29.8 Å². The SMILES string of the molecule is Cc1cccc(CN(Cc2nc3ccccc3[nH]2)Cc2nc3ccccc3[nH]2)n1. The average molecular weight is 382 g/mol. The number of rotatable bonds is 6. The van der Waals surface area contributed by atoms with Gasteiger partial charge < -0.3 is 9.97 Å². The molecule has 6 heteroatoms. The third-order valence-corrected chi connectivity index (χ3v) is 4.96. The summed E-state index contributed by atoms with van der Waals surface area (Å²) in [5, 5.41) is 0. The van der Waals surface area contributed by atoms with E-state index in [0.29, 0.717) is 13.1 Å². The van der Waals surface area contributed by atoms with Crippen molar-refractivity contribution >= 4 is 22.1 Å². The lowest BCUT2D eigenvalue weighted by molar-refractivity contribution is 0.234. The molecule has 2 aromatic carbocycles. The highest BCUT2D eigenvalue weighted by molar-refractivity contribution is 5.75. The van der Waals surface area contributed by atoms with E-state index >= 15 is 0 Å². The number of hydrogen-bond donors (Lipinski definition) is 2. The van der Waals surface area contributed by atoms with Crippen LogP contribution in [0.2, 0.25) is 0 Å². The lowest BCUT2D eigenvalue weighted by Gasteiger charge is -2.20. The summed E-state index contributed by atoms with van der Waals surface area (Å²) in [5.74, 6) is 1.88. The molecule has 0 saturated heterocycles. The van der Waals surface area contributed by atoms with Gasteiger partial charge in [0.25, 0.3) is 0 Å². The summed E-state index contributed by atoms with van der Waals surface area (Å²) < 4.78 is 0. The molecule has 0 saturated carbocycles. The Balaban J connectivity index is 1.44. The molecule has 0 atom stereocenters. The van der Waals surface area contributed by atoms with Gasteiger partial charge in [0.05, 0.1) is 40.9 Å². The Morgan fingerprint density at radius 3 is 1.79 bits per heavy atom. The molecule has 0 amide bonds. The summed E-state index contributed by atoms with van der Waals surface area (Å²) in [6.07, 6.45) is 0. The van der Waals surface area contributed by atoms with Crippen molar-refractivity contribution in [3.8, 4) is 0 Å². The van der Waals surface area contributed by atoms with E-state index in [9.17, 15) is 0 Å². The van der Waals surface area contributed by atoms with Crippen molar-refractivity contribution in [1.82, 2.24) is 29.8 Å². The van der Waals surface area contributed by atoms with Gasteiger partial charge in [-0.25, -0.2) is 9.97 Å². The van der Waals surface area contributed by atoms with Gasteiger partial charge in [0.15, 0.2) is 0 Å². The second-order valence-electron chi connectivity index (χ2n) is 7.32. The topological polar surface area (TPSA) is 73.5 Å². The van der Waals surface area contributed by atoms with Crippen LogP contribution < -0.4 is 0 Å². The van der Waals surface area contributed by atoms with Crippen LogP contribution in [-0.2, 0) is 19.6 Å². The van der Waals surface area contributed by atoms with Gasteiger partial charge in [-0.3, -0.25) is 9.88 Å². The number of aryl methyl sites for hydroxylation is 1. The smallest absolute Gasteiger partial charge is 0.121 e. The van der Waals surface area contributed by atoms with E-state index in [1.165, 1.54) is 0 Å². The molecule has 5 rings (SSSR count). The minimum atomic E-state index is 0.682. The molecule has 0 radical (unpaired) electrons. The molecule has 144 valence electrons. The average Bonchev–Trinajstić information content (AvgIpc) is 3.30. The Kier molecular flexibility index (Phi) is 4.54. The van der Waals surface area contributed by atoms with Crippen LogP contribution in [0.5, 0.6) is 0 Å². The molecule has 29 heavy (non-hydrogen) atoms. The first-order valence-electron chi connectivity index (χ1n) is 9.75. The van der Waals surface area contributed by atoms with Gasteiger partial charge in [0.1, 0.15) is 11.6 Å². The van der Waals surface area contributed by atoms with Crippen LogP contribution in [0.15, 0.2) is 66.7 Å². The second kappa shape index (κ2) is 7.48. The minimum Gasteiger partial charge on any atom is -0.341 e. The number of benzene rings is 2. The number of nitrogens with zero attached hydrogens (tertiary/aromatic N) is 4. The van der Waals surface area contributed by atoms with Gasteiger partial charge in [0.2, 0.25) is 0 Å². The highest BCUT2D eigenvalue weighted by atomic mass is 15.2. The maximum absolute atomic E-state index is 4.75. The van der Waals surface area contributed by atoms with Crippen molar-refractivity contribution in [2.45, 2.75) is 26.6 Å². The maximum atomic E-state index is 4.75. The molecule has 3 aromatic heterocycles. The molecule has 0 aliphatic rings. The van der Waals surface area contributed by atoms with E-state index in [1.807, 2.05) is 49.4 Å². The predicted molar refractivity (Wildman–Crippen MR) is 114 cm³/mol. The Bertz CT molecular complexity index is 1130. The second-order valence-corrected chi connectivity index (χ2v) is 7.32. The number of aromatic amines is 2. The third kappa shape index (κ3) is 3.88. The molecule has 6 nitrogen and oxygen atoms in total. The number of H-pyrrole nitrogens is 2. The quantitative estimate of drug-likeness (QED) is 0.458. The largest absolute Gasteiger partial charge is 0.341 e. The number of fused-ring (bicyclic) bond motifs is 2. The lowest BCUT2D eigenvalue weighted by atomic mass is 10.3. The van der Waals surface area contributed by atoms with Crippen LogP contribution in [0.1, 0.15) is 23.0 Å². The molecule has 0 fully saturated rings. The van der Waals surface area contributed by atoms with Crippen molar-refractivity contribution in [2.24, 2.45) is 0 Å². The van der Waals surface area contributed by atoms with Crippen LogP contribution in [0, 0.1) is 6.92 Å². The number of imidazole rings is 2. The predicted octanol–water partition coefficient (Wildman–Crippen LogP) is 4.35. The van der Waals surface area contributed by atoms with E-state index in [1.54, 1.807) is 0 Å². The van der Waals surface area contributed by atoms with Gasteiger partial charge in [-0.15, -0.1) is 0 Å². The Morgan fingerprint density at radius 2 is 1.24 bits per heavy atom. The molecular weight excluding hydrogens is 360 g/mol. The first kappa shape index (κ1) is 17.6. The summed E-state index contributed by atoms with van der Waals surface area (Å²) in [7, 11) is 0. The van der Waals surface area contributed by atoms with Crippen LogP contribution >= 0.6 is 0 Å². The molecule has 0 aliphatic heterocycles. The molecule has 0 spiro atoms. The van der Waals surface area contributed by atoms with E-state index in [2.05, 4.69) is 44.1 Å². The summed E-state index contributed by atoms with van der Waals surface area (Å²) in [5.41, 5.74) is 6.15.